The third kappa shape index (κ3) is 22.2. The summed E-state index contributed by atoms with van der Waals surface area (Å²) >= 11 is 0. The average Bonchev–Trinajstić information content (AvgIpc) is 0.833. The van der Waals surface area contributed by atoms with Gasteiger partial charge in [-0.15, -0.1) is 0 Å². The Labute approximate surface area is 552 Å². The summed E-state index contributed by atoms with van der Waals surface area (Å²) in [6.45, 7) is 30.8. The molecule has 22 nitrogen and oxygen atoms in total. The van der Waals surface area contributed by atoms with E-state index in [1.54, 1.807) is 46.9 Å². The topological polar surface area (TPSA) is 259 Å². The van der Waals surface area contributed by atoms with Crippen LogP contribution in [0.5, 0.6) is 0 Å². The van der Waals surface area contributed by atoms with E-state index in [0.29, 0.717) is 18.8 Å². The highest BCUT2D eigenvalue weighted by Gasteiger charge is 2.46. The average molecular weight is 1290 g/mol. The molecule has 1 aromatic heterocycles. The van der Waals surface area contributed by atoms with Gasteiger partial charge >= 0.3 is 0 Å². The van der Waals surface area contributed by atoms with Gasteiger partial charge in [-0.3, -0.25) is 52.7 Å². The van der Waals surface area contributed by atoms with Crippen molar-refractivity contribution in [2.75, 3.05) is 67.8 Å². The third-order valence-electron chi connectivity index (χ3n) is 18.8. The largest absolute Gasteiger partial charge is 0.390 e. The number of hydrogen-bond donors (Lipinski definition) is 2. The molecular weight excluding hydrogens is 1170 g/mol. The minimum Gasteiger partial charge on any atom is -0.390 e. The van der Waals surface area contributed by atoms with Gasteiger partial charge in [-0.05, 0) is 106 Å². The molecule has 522 valence electrons. The van der Waals surface area contributed by atoms with Crippen molar-refractivity contribution in [3.63, 3.8) is 0 Å². The Hall–Kier alpha value is -6.32. The number of Topliss-reactive ketones (excluding diaryl/α,β-unsaturated/α-hetero) is 3. The van der Waals surface area contributed by atoms with Crippen molar-refractivity contribution in [3.05, 3.63) is 24.4 Å². The lowest BCUT2D eigenvalue weighted by Gasteiger charge is -2.42. The number of rotatable bonds is 17. The second-order valence-electron chi connectivity index (χ2n) is 29.0. The number of nitrogens with zero attached hydrogens (tertiary/aromatic N) is 9. The summed E-state index contributed by atoms with van der Waals surface area (Å²) in [6.07, 6.45) is 0.425. The first-order chi connectivity index (χ1) is 42.6. The van der Waals surface area contributed by atoms with Crippen molar-refractivity contribution in [1.29, 1.82) is 0 Å². The number of aromatic nitrogens is 1. The molecule has 0 bridgehead atoms. The van der Waals surface area contributed by atoms with Crippen molar-refractivity contribution >= 4 is 70.4 Å². The van der Waals surface area contributed by atoms with Gasteiger partial charge in [-0.25, -0.2) is 4.98 Å². The summed E-state index contributed by atoms with van der Waals surface area (Å²) in [5.74, 6) is -10.4. The summed E-state index contributed by atoms with van der Waals surface area (Å²) in [5, 5.41) is 15.3. The number of aliphatic hydroxyl groups excluding tert-OH is 1. The number of anilines is 1. The van der Waals surface area contributed by atoms with Crippen molar-refractivity contribution < 1.29 is 57.8 Å². The highest BCUT2D eigenvalue weighted by Crippen LogP contribution is 2.30. The van der Waals surface area contributed by atoms with E-state index < -0.39 is 155 Å². The van der Waals surface area contributed by atoms with Crippen LogP contribution >= 0.6 is 0 Å². The Bertz CT molecular complexity index is 2650. The van der Waals surface area contributed by atoms with E-state index in [4.69, 9.17) is 0 Å². The first kappa shape index (κ1) is 81.8. The monoisotopic (exact) mass is 1290 g/mol. The molecule has 1 aliphatic heterocycles. The van der Waals surface area contributed by atoms with E-state index in [-0.39, 0.29) is 74.4 Å². The third-order valence-corrected chi connectivity index (χ3v) is 18.8. The number of amides is 8. The molecule has 2 N–H and O–H groups in total. The molecule has 0 spiro atoms. The molecule has 13 atom stereocenters. The molecule has 2 rings (SSSR count). The summed E-state index contributed by atoms with van der Waals surface area (Å²) in [4.78, 5) is 179. The van der Waals surface area contributed by atoms with Crippen molar-refractivity contribution in [2.45, 2.75) is 230 Å². The van der Waals surface area contributed by atoms with Crippen LogP contribution in [0, 0.1) is 59.2 Å². The van der Waals surface area contributed by atoms with Gasteiger partial charge in [0.25, 0.3) is 0 Å². The van der Waals surface area contributed by atoms with Crippen LogP contribution in [0.25, 0.3) is 0 Å². The smallest absolute Gasteiger partial charge is 0.246 e. The Morgan fingerprint density at radius 1 is 0.511 bits per heavy atom. The van der Waals surface area contributed by atoms with E-state index in [1.165, 1.54) is 97.5 Å². The Kier molecular flexibility index (Phi) is 32.8. The van der Waals surface area contributed by atoms with E-state index in [2.05, 4.69) is 10.3 Å². The number of carbonyl (C=O) groups is 11. The molecule has 1 saturated heterocycles. The molecule has 8 amide bonds. The molecule has 22 heteroatoms. The van der Waals surface area contributed by atoms with E-state index in [1.807, 2.05) is 93.3 Å². The number of ketones is 3. The van der Waals surface area contributed by atoms with Gasteiger partial charge in [0, 0.05) is 106 Å². The standard InChI is InChI=1S/C70H120N10O12/c1-26-50-38-58(83)61(62(84)46(14)30-32-73(18)59-29-27-28-31-71-59)80(25)70(92)60(45(12)13)79(24)69(91)55(36-43(8)9)78(23)68(90)54(35-42(6)7)77(22)64(86)48(16)72-63(85)47(15)37-56(81)52(33-40(2)3)76(21)67(89)51(44(10)11)39-57(82)53(34-41(4)5)75(20)65(87)49(17)74(19)66(50)88/h27-29,31,40-55,60-62,84H,26,30,32-39H2,1-25H3,(H,72,85)/t46-,47+,48+,49-,50+,51-,52-,53+,54-,55-,60-,61+,62-/m1/s1. The fourth-order valence-electron chi connectivity index (χ4n) is 12.5. The number of hydrogen-bond acceptors (Lipinski definition) is 14. The van der Waals surface area contributed by atoms with Crippen molar-refractivity contribution in [1.82, 2.24) is 44.6 Å². The highest BCUT2D eigenvalue weighted by molar-refractivity contribution is 6.00. The lowest BCUT2D eigenvalue weighted by Crippen LogP contribution is -2.62. The van der Waals surface area contributed by atoms with Crippen LogP contribution in [0.2, 0.25) is 0 Å². The fourth-order valence-corrected chi connectivity index (χ4v) is 12.5. The Balaban J connectivity index is 3.02. The van der Waals surface area contributed by atoms with Gasteiger partial charge < -0.3 is 49.6 Å². The molecule has 0 saturated carbocycles. The predicted octanol–water partition coefficient (Wildman–Crippen LogP) is 6.88. The lowest BCUT2D eigenvalue weighted by atomic mass is 9.84. The molecule has 1 aliphatic rings. The molecule has 2 heterocycles. The zero-order chi connectivity index (χ0) is 70.8. The van der Waals surface area contributed by atoms with Gasteiger partial charge in [0.1, 0.15) is 42.1 Å². The van der Waals surface area contributed by atoms with Gasteiger partial charge in [-0.1, -0.05) is 110 Å². The fraction of sp³-hybridized carbons (Fsp3) is 0.771. The first-order valence-electron chi connectivity index (χ1n) is 33.6. The van der Waals surface area contributed by atoms with Crippen LogP contribution in [0.4, 0.5) is 5.82 Å². The number of aliphatic hydroxyl groups is 1. The maximum Gasteiger partial charge on any atom is 0.246 e. The molecule has 1 fully saturated rings. The lowest BCUT2D eigenvalue weighted by molar-refractivity contribution is -0.157. The maximum absolute atomic E-state index is 15.4. The minimum absolute atomic E-state index is 0.0738. The van der Waals surface area contributed by atoms with Gasteiger partial charge in [0.2, 0.25) is 47.3 Å². The molecule has 0 unspecified atom stereocenters. The van der Waals surface area contributed by atoms with Crippen LogP contribution in [0.1, 0.15) is 175 Å². The predicted molar refractivity (Wildman–Crippen MR) is 359 cm³/mol. The zero-order valence-corrected chi connectivity index (χ0v) is 60.8. The molecule has 1 aromatic rings. The second-order valence-corrected chi connectivity index (χ2v) is 29.0. The zero-order valence-electron chi connectivity index (χ0n) is 60.8. The molecule has 0 aliphatic carbocycles. The first-order valence-corrected chi connectivity index (χ1v) is 33.6. The maximum atomic E-state index is 15.4. The van der Waals surface area contributed by atoms with Gasteiger partial charge in [0.15, 0.2) is 17.3 Å². The molecule has 0 radical (unpaired) electrons. The minimum atomic E-state index is -1.54. The summed E-state index contributed by atoms with van der Waals surface area (Å²) in [5.41, 5.74) is 0. The van der Waals surface area contributed by atoms with Gasteiger partial charge in [-0.2, -0.15) is 0 Å². The van der Waals surface area contributed by atoms with Crippen LogP contribution in [0.15, 0.2) is 24.4 Å². The quantitative estimate of drug-likeness (QED) is 0.161. The van der Waals surface area contributed by atoms with E-state index >= 15 is 19.2 Å². The summed E-state index contributed by atoms with van der Waals surface area (Å²) in [6, 6.07) is -3.92. The summed E-state index contributed by atoms with van der Waals surface area (Å²) in [7, 11) is 12.1. The Morgan fingerprint density at radius 2 is 0.957 bits per heavy atom. The van der Waals surface area contributed by atoms with Crippen LogP contribution in [-0.4, -0.2) is 226 Å². The Morgan fingerprint density at radius 3 is 1.41 bits per heavy atom. The van der Waals surface area contributed by atoms with Crippen LogP contribution < -0.4 is 10.2 Å². The number of carbonyl (C=O) groups excluding carboxylic acids is 11. The summed E-state index contributed by atoms with van der Waals surface area (Å²) < 4.78 is 0. The normalized spacial score (nSPS) is 26.7. The molecule has 92 heavy (non-hydrogen) atoms. The van der Waals surface area contributed by atoms with Crippen LogP contribution in [-0.2, 0) is 52.7 Å². The van der Waals surface area contributed by atoms with Crippen molar-refractivity contribution in [2.24, 2.45) is 59.2 Å². The van der Waals surface area contributed by atoms with E-state index in [0.717, 1.165) is 0 Å². The highest BCUT2D eigenvalue weighted by atomic mass is 16.3. The number of likely N-dealkylation sites (N-methyl/N-ethyl adjacent to an activating group) is 7. The molecular formula is C70H120N10O12. The van der Waals surface area contributed by atoms with E-state index in [9.17, 15) is 38.7 Å². The molecule has 0 aromatic carbocycles. The second kappa shape index (κ2) is 36.9. The van der Waals surface area contributed by atoms with Crippen LogP contribution in [0.3, 0.4) is 0 Å². The van der Waals surface area contributed by atoms with Crippen molar-refractivity contribution in [3.8, 4) is 0 Å². The van der Waals surface area contributed by atoms with Gasteiger partial charge in [0.05, 0.1) is 18.2 Å². The number of nitrogens with one attached hydrogen (secondary N) is 1. The SMILES string of the molecule is CC[C@H]1CC(=O)[C@@H]([C@H](O)[C@H](C)CCN(C)c2ccccn2)N(C)C(=O)[C@@H](C(C)C)N(C)C(=O)[C@@H](CC(C)C)N(C)C(=O)[C@@H](CC(C)C)N(C)C(=O)[C@H](C)NC(=O)[C@@H](C)CC(=O)[C@@H](CC(C)C)N(C)C(=O)[C@@H](C(C)C)CC(=O)[C@H](CC(C)C)N(C)C(=O)[C@@H](C)N(C)C1=O. The number of pyridine rings is 1.